The number of H-pyrrole nitrogens is 1. The zero-order valence-corrected chi connectivity index (χ0v) is 13.6. The van der Waals surface area contributed by atoms with Gasteiger partial charge in [-0.25, -0.2) is 4.98 Å². The van der Waals surface area contributed by atoms with Crippen molar-refractivity contribution in [3.05, 3.63) is 64.7 Å². The number of carbonyl (C=O) groups excluding carboxylic acids is 1. The Hall–Kier alpha value is -2.70. The minimum atomic E-state index is -0.375. The first kappa shape index (κ1) is 16.2. The van der Waals surface area contributed by atoms with E-state index in [0.29, 0.717) is 27.8 Å². The molecule has 0 saturated carbocycles. The molecular formula is C17H15ClN4O2. The van der Waals surface area contributed by atoms with E-state index in [1.165, 1.54) is 6.20 Å². The lowest BCUT2D eigenvalue weighted by atomic mass is 10.2. The summed E-state index contributed by atoms with van der Waals surface area (Å²) in [4.78, 5) is 23.9. The maximum Gasteiger partial charge on any atom is 0.276 e. The van der Waals surface area contributed by atoms with Crippen LogP contribution < -0.4 is 5.32 Å². The number of aromatic amines is 1. The summed E-state index contributed by atoms with van der Waals surface area (Å²) < 4.78 is 0. The Kier molecular flexibility index (Phi) is 4.59. The molecule has 0 fully saturated rings. The van der Waals surface area contributed by atoms with Crippen LogP contribution in [-0.4, -0.2) is 26.0 Å². The number of anilines is 1. The normalized spacial score (nSPS) is 10.6. The summed E-state index contributed by atoms with van der Waals surface area (Å²) >= 11 is 5.99. The Bertz CT molecular complexity index is 892. The van der Waals surface area contributed by atoms with Crippen molar-refractivity contribution in [2.24, 2.45) is 0 Å². The summed E-state index contributed by atoms with van der Waals surface area (Å²) in [7, 11) is 0. The van der Waals surface area contributed by atoms with Gasteiger partial charge in [0.15, 0.2) is 0 Å². The molecule has 7 heteroatoms. The minimum Gasteiger partial charge on any atom is -0.392 e. The topological polar surface area (TPSA) is 90.9 Å². The summed E-state index contributed by atoms with van der Waals surface area (Å²) in [6.07, 6.45) is 3.04. The lowest BCUT2D eigenvalue weighted by molar-refractivity contribution is 0.102. The second-order valence-corrected chi connectivity index (χ2v) is 5.65. The van der Waals surface area contributed by atoms with Crippen molar-refractivity contribution < 1.29 is 9.90 Å². The van der Waals surface area contributed by atoms with E-state index in [1.807, 2.05) is 12.1 Å². The van der Waals surface area contributed by atoms with E-state index in [-0.39, 0.29) is 18.2 Å². The average Bonchev–Trinajstić information content (AvgIpc) is 2.97. The van der Waals surface area contributed by atoms with Crippen molar-refractivity contribution in [3.63, 3.8) is 0 Å². The van der Waals surface area contributed by atoms with Crippen LogP contribution in [0.1, 0.15) is 21.7 Å². The molecule has 0 atom stereocenters. The van der Waals surface area contributed by atoms with Gasteiger partial charge in [0, 0.05) is 28.0 Å². The molecule has 3 rings (SSSR count). The van der Waals surface area contributed by atoms with Crippen LogP contribution in [0.3, 0.4) is 0 Å². The third kappa shape index (κ3) is 3.29. The maximum atomic E-state index is 12.5. The Morgan fingerprint density at radius 3 is 2.96 bits per heavy atom. The van der Waals surface area contributed by atoms with Gasteiger partial charge in [-0.3, -0.25) is 9.78 Å². The molecule has 6 nitrogen and oxygen atoms in total. The standard InChI is InChI=1S/C17H15ClN4O2/c1-10-15(17(24)21-14-8-19-6-5-12(14)9-23)22-16(20-10)11-3-2-4-13(18)7-11/h2-8,23H,9H2,1H3,(H,20,22)(H,21,24). The van der Waals surface area contributed by atoms with E-state index in [1.54, 1.807) is 31.3 Å². The molecule has 0 aliphatic carbocycles. The molecule has 122 valence electrons. The third-order valence-electron chi connectivity index (χ3n) is 3.53. The van der Waals surface area contributed by atoms with Crippen LogP contribution in [-0.2, 0) is 6.61 Å². The van der Waals surface area contributed by atoms with Crippen LogP contribution in [0.4, 0.5) is 5.69 Å². The van der Waals surface area contributed by atoms with Gasteiger partial charge in [-0.05, 0) is 25.1 Å². The van der Waals surface area contributed by atoms with Crippen LogP contribution in [0, 0.1) is 6.92 Å². The molecule has 0 radical (unpaired) electrons. The van der Waals surface area contributed by atoms with E-state index >= 15 is 0 Å². The van der Waals surface area contributed by atoms with Gasteiger partial charge in [0.2, 0.25) is 0 Å². The van der Waals surface area contributed by atoms with Crippen LogP contribution >= 0.6 is 11.6 Å². The number of halogens is 1. The fourth-order valence-corrected chi connectivity index (χ4v) is 2.50. The second kappa shape index (κ2) is 6.82. The first-order valence-corrected chi connectivity index (χ1v) is 7.64. The van der Waals surface area contributed by atoms with Gasteiger partial charge < -0.3 is 15.4 Å². The number of carbonyl (C=O) groups is 1. The fourth-order valence-electron chi connectivity index (χ4n) is 2.31. The van der Waals surface area contributed by atoms with E-state index in [9.17, 15) is 9.90 Å². The highest BCUT2D eigenvalue weighted by atomic mass is 35.5. The lowest BCUT2D eigenvalue weighted by Crippen LogP contribution is -2.15. The molecule has 3 aromatic rings. The minimum absolute atomic E-state index is 0.189. The Morgan fingerprint density at radius 1 is 1.38 bits per heavy atom. The van der Waals surface area contributed by atoms with E-state index < -0.39 is 0 Å². The predicted octanol–water partition coefficient (Wildman–Crippen LogP) is 3.18. The zero-order valence-electron chi connectivity index (χ0n) is 12.9. The number of hydrogen-bond donors (Lipinski definition) is 3. The van der Waals surface area contributed by atoms with E-state index in [2.05, 4.69) is 20.3 Å². The number of aliphatic hydroxyl groups is 1. The number of benzene rings is 1. The molecule has 0 bridgehead atoms. The van der Waals surface area contributed by atoms with Gasteiger partial charge in [-0.2, -0.15) is 0 Å². The van der Waals surface area contributed by atoms with Gasteiger partial charge in [0.05, 0.1) is 18.5 Å². The quantitative estimate of drug-likeness (QED) is 0.679. The number of aliphatic hydroxyl groups excluding tert-OH is 1. The van der Waals surface area contributed by atoms with Crippen molar-refractivity contribution in [1.29, 1.82) is 0 Å². The van der Waals surface area contributed by atoms with Gasteiger partial charge in [-0.15, -0.1) is 0 Å². The van der Waals surface area contributed by atoms with Gasteiger partial charge in [-0.1, -0.05) is 23.7 Å². The number of aryl methyl sites for hydroxylation is 1. The number of hydrogen-bond acceptors (Lipinski definition) is 4. The average molecular weight is 343 g/mol. The Labute approximate surface area is 143 Å². The number of aromatic nitrogens is 3. The molecule has 0 saturated heterocycles. The number of pyridine rings is 1. The number of nitrogens with zero attached hydrogens (tertiary/aromatic N) is 2. The molecule has 1 aromatic carbocycles. The third-order valence-corrected chi connectivity index (χ3v) is 3.76. The molecule has 2 aromatic heterocycles. The predicted molar refractivity (Wildman–Crippen MR) is 91.9 cm³/mol. The molecule has 24 heavy (non-hydrogen) atoms. The summed E-state index contributed by atoms with van der Waals surface area (Å²) in [6, 6.07) is 8.86. The SMILES string of the molecule is Cc1[nH]c(-c2cccc(Cl)c2)nc1C(=O)Nc1cnccc1CO. The first-order chi connectivity index (χ1) is 11.6. The fraction of sp³-hybridized carbons (Fsp3) is 0.118. The molecule has 0 aliphatic rings. The number of nitrogens with one attached hydrogen (secondary N) is 2. The maximum absolute atomic E-state index is 12.5. The van der Waals surface area contributed by atoms with Crippen molar-refractivity contribution in [2.45, 2.75) is 13.5 Å². The zero-order chi connectivity index (χ0) is 17.1. The van der Waals surface area contributed by atoms with Crippen molar-refractivity contribution in [2.75, 3.05) is 5.32 Å². The monoisotopic (exact) mass is 342 g/mol. The first-order valence-electron chi connectivity index (χ1n) is 7.26. The summed E-state index contributed by atoms with van der Waals surface area (Å²) in [5, 5.41) is 12.6. The number of amides is 1. The Balaban J connectivity index is 1.88. The molecule has 1 amide bonds. The highest BCUT2D eigenvalue weighted by Crippen LogP contribution is 2.22. The van der Waals surface area contributed by atoms with E-state index in [0.717, 1.165) is 5.56 Å². The van der Waals surface area contributed by atoms with E-state index in [4.69, 9.17) is 11.6 Å². The van der Waals surface area contributed by atoms with Crippen molar-refractivity contribution >= 4 is 23.2 Å². The van der Waals surface area contributed by atoms with Crippen molar-refractivity contribution in [1.82, 2.24) is 15.0 Å². The molecule has 3 N–H and O–H groups in total. The van der Waals surface area contributed by atoms with Crippen LogP contribution in [0.15, 0.2) is 42.7 Å². The molecule has 2 heterocycles. The smallest absolute Gasteiger partial charge is 0.276 e. The van der Waals surface area contributed by atoms with Crippen LogP contribution in [0.2, 0.25) is 5.02 Å². The van der Waals surface area contributed by atoms with Crippen LogP contribution in [0.25, 0.3) is 11.4 Å². The number of rotatable bonds is 4. The van der Waals surface area contributed by atoms with Gasteiger partial charge in [0.1, 0.15) is 11.5 Å². The number of imidazole rings is 1. The summed E-state index contributed by atoms with van der Waals surface area (Å²) in [5.41, 5.74) is 2.75. The highest BCUT2D eigenvalue weighted by Gasteiger charge is 2.17. The van der Waals surface area contributed by atoms with Crippen LogP contribution in [0.5, 0.6) is 0 Å². The summed E-state index contributed by atoms with van der Waals surface area (Å²) in [6.45, 7) is 1.58. The largest absolute Gasteiger partial charge is 0.392 e. The molecule has 0 aliphatic heterocycles. The summed E-state index contributed by atoms with van der Waals surface area (Å²) in [5.74, 6) is 0.188. The molecular weight excluding hydrogens is 328 g/mol. The molecule has 0 unspecified atom stereocenters. The highest BCUT2D eigenvalue weighted by molar-refractivity contribution is 6.30. The van der Waals surface area contributed by atoms with Gasteiger partial charge >= 0.3 is 0 Å². The van der Waals surface area contributed by atoms with Crippen molar-refractivity contribution in [3.8, 4) is 11.4 Å². The van der Waals surface area contributed by atoms with Gasteiger partial charge in [0.25, 0.3) is 5.91 Å². The Morgan fingerprint density at radius 2 is 2.21 bits per heavy atom. The molecule has 0 spiro atoms. The lowest BCUT2D eigenvalue weighted by Gasteiger charge is -2.07. The second-order valence-electron chi connectivity index (χ2n) is 5.21.